The molecule has 0 amide bonds. The lowest BCUT2D eigenvalue weighted by molar-refractivity contribution is -0.387. The predicted octanol–water partition coefficient (Wildman–Crippen LogP) is 3.53. The lowest BCUT2D eigenvalue weighted by atomic mass is 10.1. The fourth-order valence-electron chi connectivity index (χ4n) is 2.50. The smallest absolute Gasteiger partial charge is 0.306 e. The highest BCUT2D eigenvalue weighted by Gasteiger charge is 2.18. The van der Waals surface area contributed by atoms with E-state index in [2.05, 4.69) is 15.8 Å². The van der Waals surface area contributed by atoms with Crippen LogP contribution in [0, 0.1) is 34.2 Å². The van der Waals surface area contributed by atoms with Gasteiger partial charge < -0.3 is 4.98 Å². The van der Waals surface area contributed by atoms with Crippen LogP contribution in [-0.2, 0) is 11.0 Å². The number of H-pyrrole nitrogens is 1. The maximum Gasteiger partial charge on any atom is 0.306 e. The van der Waals surface area contributed by atoms with Crippen molar-refractivity contribution in [3.63, 3.8) is 0 Å². The van der Waals surface area contributed by atoms with E-state index in [1.165, 1.54) is 6.07 Å². The molecule has 3 rings (SSSR count). The molecule has 0 saturated heterocycles. The monoisotopic (exact) mass is 358 g/mol. The van der Waals surface area contributed by atoms with E-state index in [4.69, 9.17) is 5.26 Å². The number of aromatic amines is 1. The molecule has 126 valence electrons. The molecule has 1 atom stereocenters. The second-order valence-corrected chi connectivity index (χ2v) is 6.45. The van der Waals surface area contributed by atoms with Crippen LogP contribution in [0.15, 0.2) is 41.4 Å². The number of nitrogens with one attached hydrogen (secondary N) is 2. The zero-order valence-corrected chi connectivity index (χ0v) is 13.7. The molecule has 7 nitrogen and oxygen atoms in total. The Balaban J connectivity index is 2.00. The maximum absolute atomic E-state index is 13.4. The summed E-state index contributed by atoms with van der Waals surface area (Å²) in [7, 11) is -1.85. The topological polar surface area (TPSA) is 112 Å². The number of aromatic nitrogens is 1. The molecule has 0 fully saturated rings. The number of nitro groups is 1. The highest BCUT2D eigenvalue weighted by molar-refractivity contribution is 7.86. The van der Waals surface area contributed by atoms with Gasteiger partial charge in [0.1, 0.15) is 6.07 Å². The van der Waals surface area contributed by atoms with Crippen LogP contribution in [0.4, 0.5) is 15.8 Å². The van der Waals surface area contributed by atoms with E-state index in [0.717, 1.165) is 17.7 Å². The zero-order valence-electron chi connectivity index (χ0n) is 12.9. The number of anilines is 1. The van der Waals surface area contributed by atoms with E-state index >= 15 is 0 Å². The van der Waals surface area contributed by atoms with Crippen molar-refractivity contribution in [1.82, 2.24) is 4.98 Å². The fraction of sp³-hybridized carbons (Fsp3) is 0.0625. The number of benzene rings is 2. The molecule has 3 aromatic rings. The number of aryl methyl sites for hydroxylation is 1. The van der Waals surface area contributed by atoms with Crippen molar-refractivity contribution in [1.29, 1.82) is 5.26 Å². The number of halogens is 1. The van der Waals surface area contributed by atoms with Gasteiger partial charge in [-0.1, -0.05) is 6.07 Å². The van der Waals surface area contributed by atoms with Gasteiger partial charge in [0.25, 0.3) is 0 Å². The van der Waals surface area contributed by atoms with Gasteiger partial charge in [-0.3, -0.25) is 14.8 Å². The summed E-state index contributed by atoms with van der Waals surface area (Å²) in [6.45, 7) is 1.85. The molecular formula is C16H11FN4O3S. The average molecular weight is 358 g/mol. The van der Waals surface area contributed by atoms with Gasteiger partial charge in [-0.2, -0.15) is 9.65 Å². The van der Waals surface area contributed by atoms with Crippen LogP contribution in [0.5, 0.6) is 0 Å². The van der Waals surface area contributed by atoms with Crippen LogP contribution in [-0.4, -0.2) is 14.1 Å². The van der Waals surface area contributed by atoms with Gasteiger partial charge in [-0.15, -0.1) is 0 Å². The number of hydrogen-bond donors (Lipinski definition) is 2. The number of nitro benzene ring substituents is 1. The molecule has 9 heteroatoms. The van der Waals surface area contributed by atoms with Crippen molar-refractivity contribution in [3.8, 4) is 6.07 Å². The first-order valence-corrected chi connectivity index (χ1v) is 8.20. The lowest BCUT2D eigenvalue weighted by Crippen LogP contribution is -2.06. The standard InChI is InChI=1S/C16H11FN4O3S/c1-9-2-5-13(16-15(9)10(7-18)8-19-16)20-25(24)11-3-4-12(17)14(6-11)21(22)23/h2-6,8,19-20H,1H3. The summed E-state index contributed by atoms with van der Waals surface area (Å²) in [6.07, 6.45) is 1.55. The summed E-state index contributed by atoms with van der Waals surface area (Å²) in [5.41, 5.74) is 1.66. The first kappa shape index (κ1) is 16.6. The highest BCUT2D eigenvalue weighted by Crippen LogP contribution is 2.29. The molecule has 2 N–H and O–H groups in total. The third-order valence-electron chi connectivity index (χ3n) is 3.70. The van der Waals surface area contributed by atoms with Crippen LogP contribution in [0.1, 0.15) is 11.1 Å². The summed E-state index contributed by atoms with van der Waals surface area (Å²) >= 11 is 0. The van der Waals surface area contributed by atoms with E-state index in [9.17, 15) is 18.7 Å². The molecule has 0 aliphatic carbocycles. The number of fused-ring (bicyclic) bond motifs is 1. The van der Waals surface area contributed by atoms with Crippen LogP contribution < -0.4 is 4.72 Å². The lowest BCUT2D eigenvalue weighted by Gasteiger charge is -2.09. The Morgan fingerprint density at radius 1 is 1.36 bits per heavy atom. The van der Waals surface area contributed by atoms with Crippen LogP contribution in [0.25, 0.3) is 10.9 Å². The first-order chi connectivity index (χ1) is 11.9. The highest BCUT2D eigenvalue weighted by atomic mass is 32.2. The molecule has 1 aromatic heterocycles. The van der Waals surface area contributed by atoms with Crippen molar-refractivity contribution in [2.45, 2.75) is 11.8 Å². The minimum atomic E-state index is -1.85. The normalized spacial score (nSPS) is 11.9. The summed E-state index contributed by atoms with van der Waals surface area (Å²) in [5, 5.41) is 20.7. The van der Waals surface area contributed by atoms with E-state index in [-0.39, 0.29) is 4.90 Å². The summed E-state index contributed by atoms with van der Waals surface area (Å²) < 4.78 is 28.6. The zero-order chi connectivity index (χ0) is 18.1. The molecule has 0 spiro atoms. The van der Waals surface area contributed by atoms with Crippen LogP contribution in [0.2, 0.25) is 0 Å². The van der Waals surface area contributed by atoms with Crippen molar-refractivity contribution in [2.24, 2.45) is 0 Å². The first-order valence-electron chi connectivity index (χ1n) is 7.05. The van der Waals surface area contributed by atoms with Crippen LogP contribution in [0.3, 0.4) is 0 Å². The number of nitrogens with zero attached hydrogens (tertiary/aromatic N) is 2. The SMILES string of the molecule is Cc1ccc(NS(=O)c2ccc(F)c([N+](=O)[O-])c2)c2[nH]cc(C#N)c12. The van der Waals surface area contributed by atoms with Gasteiger partial charge >= 0.3 is 5.69 Å². The van der Waals surface area contributed by atoms with E-state index in [0.29, 0.717) is 22.2 Å². The van der Waals surface area contributed by atoms with Gasteiger partial charge in [0.15, 0.2) is 11.0 Å². The summed E-state index contributed by atoms with van der Waals surface area (Å²) in [5.74, 6) is -0.994. The molecule has 2 aromatic carbocycles. The Labute approximate surface area is 143 Å². The van der Waals surface area contributed by atoms with Gasteiger partial charge in [0.2, 0.25) is 5.82 Å². The Morgan fingerprint density at radius 2 is 2.12 bits per heavy atom. The molecular weight excluding hydrogens is 347 g/mol. The molecule has 0 aliphatic rings. The van der Waals surface area contributed by atoms with Crippen molar-refractivity contribution >= 4 is 33.3 Å². The van der Waals surface area contributed by atoms with Crippen molar-refractivity contribution in [2.75, 3.05) is 4.72 Å². The number of nitriles is 1. The third-order valence-corrected chi connectivity index (χ3v) is 4.78. The fourth-order valence-corrected chi connectivity index (χ4v) is 3.40. The Bertz CT molecular complexity index is 1070. The largest absolute Gasteiger partial charge is 0.358 e. The predicted molar refractivity (Wildman–Crippen MR) is 90.8 cm³/mol. The molecule has 1 heterocycles. The van der Waals surface area contributed by atoms with Gasteiger partial charge in [-0.05, 0) is 30.7 Å². The van der Waals surface area contributed by atoms with Gasteiger partial charge in [0, 0.05) is 17.6 Å². The maximum atomic E-state index is 13.4. The second-order valence-electron chi connectivity index (χ2n) is 5.24. The third kappa shape index (κ3) is 2.95. The molecule has 0 saturated carbocycles. The molecule has 0 bridgehead atoms. The Kier molecular flexibility index (Phi) is 4.21. The van der Waals surface area contributed by atoms with E-state index in [1.807, 2.05) is 6.92 Å². The van der Waals surface area contributed by atoms with Gasteiger partial charge in [-0.25, -0.2) is 4.21 Å². The van der Waals surface area contributed by atoms with Crippen molar-refractivity contribution < 1.29 is 13.5 Å². The Hall–Kier alpha value is -3.25. The van der Waals surface area contributed by atoms with Gasteiger partial charge in [0.05, 0.1) is 26.6 Å². The number of hydrogen-bond acceptors (Lipinski definition) is 4. The molecule has 0 aliphatic heterocycles. The van der Waals surface area contributed by atoms with Crippen molar-refractivity contribution in [3.05, 3.63) is 63.6 Å². The summed E-state index contributed by atoms with van der Waals surface area (Å²) in [4.78, 5) is 13.0. The minimum absolute atomic E-state index is 0.0638. The Morgan fingerprint density at radius 3 is 2.80 bits per heavy atom. The minimum Gasteiger partial charge on any atom is -0.358 e. The van der Waals surface area contributed by atoms with Crippen LogP contribution >= 0.6 is 0 Å². The molecule has 1 unspecified atom stereocenters. The number of rotatable bonds is 4. The van der Waals surface area contributed by atoms with E-state index in [1.54, 1.807) is 18.3 Å². The summed E-state index contributed by atoms with van der Waals surface area (Å²) in [6, 6.07) is 8.58. The van der Waals surface area contributed by atoms with E-state index < -0.39 is 27.4 Å². The second kappa shape index (κ2) is 6.33. The average Bonchev–Trinajstić information content (AvgIpc) is 3.02. The molecule has 0 radical (unpaired) electrons. The quantitative estimate of drug-likeness (QED) is 0.549. The molecule has 25 heavy (non-hydrogen) atoms.